The number of hydrogen-bond acceptors (Lipinski definition) is 3. The Balaban J connectivity index is 2.64. The molecule has 1 rings (SSSR count). The molecule has 0 atom stereocenters. The maximum absolute atomic E-state index is 4.07. The summed E-state index contributed by atoms with van der Waals surface area (Å²) in [5.74, 6) is 0.962. The average Bonchev–Trinajstić information content (AvgIpc) is 2.19. The summed E-state index contributed by atoms with van der Waals surface area (Å²) in [7, 11) is 0. The molecule has 0 spiro atoms. The molecule has 0 saturated heterocycles. The highest BCUT2D eigenvalue weighted by Gasteiger charge is 2.04. The zero-order chi connectivity index (χ0) is 9.52. The van der Waals surface area contributed by atoms with Gasteiger partial charge in [-0.25, -0.2) is 0 Å². The van der Waals surface area contributed by atoms with Crippen molar-refractivity contribution in [2.45, 2.75) is 13.3 Å². The van der Waals surface area contributed by atoms with Crippen LogP contribution in [0.4, 0.5) is 5.82 Å². The Labute approximate surface area is 87.3 Å². The van der Waals surface area contributed by atoms with Crippen LogP contribution < -0.4 is 4.90 Å². The van der Waals surface area contributed by atoms with Crippen LogP contribution in [-0.4, -0.2) is 28.6 Å². The molecule has 72 valence electrons. The van der Waals surface area contributed by atoms with Crippen molar-refractivity contribution in [3.63, 3.8) is 0 Å². The van der Waals surface area contributed by atoms with Crippen molar-refractivity contribution >= 4 is 21.7 Å². The van der Waals surface area contributed by atoms with Crippen molar-refractivity contribution in [3.05, 3.63) is 18.3 Å². The number of hydrogen-bond donors (Lipinski definition) is 0. The lowest BCUT2D eigenvalue weighted by molar-refractivity contribution is 0.772. The van der Waals surface area contributed by atoms with Gasteiger partial charge in [-0.3, -0.25) is 0 Å². The van der Waals surface area contributed by atoms with Crippen LogP contribution in [0, 0.1) is 0 Å². The lowest BCUT2D eigenvalue weighted by Crippen LogP contribution is -2.27. The predicted molar refractivity (Wildman–Crippen MR) is 58.3 cm³/mol. The third-order valence-electron chi connectivity index (χ3n) is 1.73. The molecule has 0 aliphatic heterocycles. The van der Waals surface area contributed by atoms with Crippen LogP contribution in [0.25, 0.3) is 0 Å². The van der Waals surface area contributed by atoms with E-state index < -0.39 is 0 Å². The normalized spacial score (nSPS) is 10.0. The molecule has 0 amide bonds. The Kier molecular flexibility index (Phi) is 4.75. The first-order valence-electron chi connectivity index (χ1n) is 4.47. The van der Waals surface area contributed by atoms with E-state index in [4.69, 9.17) is 0 Å². The van der Waals surface area contributed by atoms with Gasteiger partial charge < -0.3 is 4.90 Å². The zero-order valence-electron chi connectivity index (χ0n) is 7.78. The fraction of sp³-hybridized carbons (Fsp3) is 0.556. The molecule has 1 aromatic rings. The molecule has 0 aromatic carbocycles. The van der Waals surface area contributed by atoms with Gasteiger partial charge in [0.25, 0.3) is 0 Å². The number of alkyl halides is 1. The van der Waals surface area contributed by atoms with Gasteiger partial charge in [0.15, 0.2) is 5.82 Å². The average molecular weight is 244 g/mol. The van der Waals surface area contributed by atoms with E-state index in [1.165, 1.54) is 0 Å². The maximum atomic E-state index is 4.07. The van der Waals surface area contributed by atoms with Crippen LogP contribution in [0.1, 0.15) is 13.3 Å². The Morgan fingerprint density at radius 2 is 2.31 bits per heavy atom. The lowest BCUT2D eigenvalue weighted by atomic mass is 10.4. The third-order valence-corrected chi connectivity index (χ3v) is 2.08. The molecule has 0 fully saturated rings. The van der Waals surface area contributed by atoms with Crippen molar-refractivity contribution in [2.75, 3.05) is 23.3 Å². The topological polar surface area (TPSA) is 29.0 Å². The molecule has 4 heteroatoms. The van der Waals surface area contributed by atoms with Gasteiger partial charge in [-0.05, 0) is 18.6 Å². The highest BCUT2D eigenvalue weighted by atomic mass is 79.9. The summed E-state index contributed by atoms with van der Waals surface area (Å²) in [6.07, 6.45) is 2.82. The number of rotatable bonds is 5. The second-order valence-corrected chi connectivity index (χ2v) is 3.55. The minimum Gasteiger partial charge on any atom is -0.354 e. The third kappa shape index (κ3) is 3.30. The summed E-state index contributed by atoms with van der Waals surface area (Å²) >= 11 is 3.43. The molecule has 3 nitrogen and oxygen atoms in total. The first-order valence-corrected chi connectivity index (χ1v) is 5.59. The van der Waals surface area contributed by atoms with E-state index in [1.54, 1.807) is 6.20 Å². The molecule has 1 heterocycles. The van der Waals surface area contributed by atoms with Crippen LogP contribution in [0.5, 0.6) is 0 Å². The lowest BCUT2D eigenvalue weighted by Gasteiger charge is -2.20. The van der Waals surface area contributed by atoms with Crippen molar-refractivity contribution in [3.8, 4) is 0 Å². The highest BCUT2D eigenvalue weighted by Crippen LogP contribution is 2.08. The number of halogens is 1. The molecular weight excluding hydrogens is 230 g/mol. The summed E-state index contributed by atoms with van der Waals surface area (Å²) < 4.78 is 0. The van der Waals surface area contributed by atoms with Crippen molar-refractivity contribution in [2.24, 2.45) is 0 Å². The molecule has 1 aromatic heterocycles. The second kappa shape index (κ2) is 5.91. The second-order valence-electron chi connectivity index (χ2n) is 2.76. The summed E-state index contributed by atoms with van der Waals surface area (Å²) in [6.45, 7) is 4.18. The fourth-order valence-corrected chi connectivity index (χ4v) is 1.60. The molecule has 0 unspecified atom stereocenters. The predicted octanol–water partition coefficient (Wildman–Crippen LogP) is 2.09. The van der Waals surface area contributed by atoms with E-state index >= 15 is 0 Å². The van der Waals surface area contributed by atoms with Crippen LogP contribution in [0.2, 0.25) is 0 Å². The number of anilines is 1. The van der Waals surface area contributed by atoms with Crippen molar-refractivity contribution < 1.29 is 0 Å². The minimum atomic E-state index is 0.962. The Hall–Kier alpha value is -0.640. The van der Waals surface area contributed by atoms with E-state index in [2.05, 4.69) is 38.0 Å². The molecule has 0 aliphatic carbocycles. The molecule has 0 bridgehead atoms. The molecule has 13 heavy (non-hydrogen) atoms. The van der Waals surface area contributed by atoms with E-state index in [0.29, 0.717) is 0 Å². The van der Waals surface area contributed by atoms with Gasteiger partial charge in [0.05, 0.1) is 0 Å². The van der Waals surface area contributed by atoms with Gasteiger partial charge in [0, 0.05) is 24.6 Å². The largest absolute Gasteiger partial charge is 0.354 e. The Morgan fingerprint density at radius 3 is 2.85 bits per heavy atom. The van der Waals surface area contributed by atoms with Gasteiger partial charge in [-0.2, -0.15) is 5.10 Å². The summed E-state index contributed by atoms with van der Waals surface area (Å²) in [4.78, 5) is 2.22. The molecule has 0 saturated carbocycles. The smallest absolute Gasteiger partial charge is 0.151 e. The van der Waals surface area contributed by atoms with Gasteiger partial charge in [-0.1, -0.05) is 22.9 Å². The Bertz CT molecular complexity index is 222. The van der Waals surface area contributed by atoms with E-state index in [-0.39, 0.29) is 0 Å². The van der Waals surface area contributed by atoms with Gasteiger partial charge in [0.2, 0.25) is 0 Å². The van der Waals surface area contributed by atoms with Gasteiger partial charge >= 0.3 is 0 Å². The first kappa shape index (κ1) is 10.4. The first-order chi connectivity index (χ1) is 6.38. The SMILES string of the molecule is CCCN(CCBr)c1cccnn1. The quantitative estimate of drug-likeness (QED) is 0.742. The van der Waals surface area contributed by atoms with Gasteiger partial charge in [0.1, 0.15) is 0 Å². The Morgan fingerprint density at radius 1 is 1.46 bits per heavy atom. The fourth-order valence-electron chi connectivity index (χ4n) is 1.17. The van der Waals surface area contributed by atoms with E-state index in [9.17, 15) is 0 Å². The molecule has 0 N–H and O–H groups in total. The maximum Gasteiger partial charge on any atom is 0.151 e. The monoisotopic (exact) mass is 243 g/mol. The summed E-state index contributed by atoms with van der Waals surface area (Å²) in [5, 5.41) is 8.90. The van der Waals surface area contributed by atoms with Gasteiger partial charge in [-0.15, -0.1) is 5.10 Å². The summed E-state index contributed by atoms with van der Waals surface area (Å²) in [5.41, 5.74) is 0. The van der Waals surface area contributed by atoms with E-state index in [0.717, 1.165) is 30.7 Å². The van der Waals surface area contributed by atoms with E-state index in [1.807, 2.05) is 12.1 Å². The summed E-state index contributed by atoms with van der Waals surface area (Å²) in [6, 6.07) is 3.91. The molecule has 0 aliphatic rings. The number of nitrogens with zero attached hydrogens (tertiary/aromatic N) is 3. The standard InChI is InChI=1S/C9H14BrN3/c1-2-7-13(8-5-10)9-4-3-6-11-12-9/h3-4,6H,2,5,7-8H2,1H3. The zero-order valence-corrected chi connectivity index (χ0v) is 9.37. The van der Waals surface area contributed by atoms with Crippen LogP contribution in [0.3, 0.4) is 0 Å². The van der Waals surface area contributed by atoms with Crippen LogP contribution >= 0.6 is 15.9 Å². The van der Waals surface area contributed by atoms with Crippen molar-refractivity contribution in [1.29, 1.82) is 0 Å². The van der Waals surface area contributed by atoms with Crippen LogP contribution in [-0.2, 0) is 0 Å². The van der Waals surface area contributed by atoms with Crippen molar-refractivity contribution in [1.82, 2.24) is 10.2 Å². The molecular formula is C9H14BrN3. The van der Waals surface area contributed by atoms with Crippen LogP contribution in [0.15, 0.2) is 18.3 Å². The molecule has 0 radical (unpaired) electrons. The number of aromatic nitrogens is 2. The minimum absolute atomic E-state index is 0.962. The highest BCUT2D eigenvalue weighted by molar-refractivity contribution is 9.09.